The van der Waals surface area contributed by atoms with Gasteiger partial charge >= 0.3 is 5.97 Å². The zero-order chi connectivity index (χ0) is 29.8. The predicted molar refractivity (Wildman–Crippen MR) is 165 cm³/mol. The average Bonchev–Trinajstić information content (AvgIpc) is 3.33. The van der Waals surface area contributed by atoms with Gasteiger partial charge in [0.05, 0.1) is 12.7 Å². The number of nitrogens with zero attached hydrogens (tertiary/aromatic N) is 1. The van der Waals surface area contributed by atoms with E-state index in [-0.39, 0.29) is 17.3 Å². The average molecular weight is 561 g/mol. The van der Waals surface area contributed by atoms with Gasteiger partial charge in [0.15, 0.2) is 0 Å². The van der Waals surface area contributed by atoms with Crippen LogP contribution in [0.1, 0.15) is 49.9 Å². The molecule has 0 bridgehead atoms. The molecular formula is C34H32N4O4. The summed E-state index contributed by atoms with van der Waals surface area (Å²) < 4.78 is 7.40. The van der Waals surface area contributed by atoms with E-state index < -0.39 is 5.97 Å². The van der Waals surface area contributed by atoms with Crippen molar-refractivity contribution in [1.82, 2.24) is 9.88 Å². The van der Waals surface area contributed by atoms with Crippen molar-refractivity contribution in [1.29, 1.82) is 5.41 Å². The van der Waals surface area contributed by atoms with Gasteiger partial charge < -0.3 is 25.5 Å². The Kier molecular flexibility index (Phi) is 8.06. The molecule has 8 heteroatoms. The van der Waals surface area contributed by atoms with Crippen molar-refractivity contribution in [2.45, 2.75) is 19.9 Å². The van der Waals surface area contributed by atoms with E-state index in [4.69, 9.17) is 15.9 Å². The molecule has 212 valence electrons. The Morgan fingerprint density at radius 2 is 1.69 bits per heavy atom. The number of amides is 1. The largest absolute Gasteiger partial charge is 0.497 e. The van der Waals surface area contributed by atoms with Gasteiger partial charge in [-0.25, -0.2) is 4.79 Å². The number of carbonyl (C=O) groups is 2. The molecule has 1 heterocycles. The zero-order valence-corrected chi connectivity index (χ0v) is 23.5. The lowest BCUT2D eigenvalue weighted by atomic mass is 9.93. The number of benzene rings is 4. The van der Waals surface area contributed by atoms with Crippen molar-refractivity contribution in [3.63, 3.8) is 0 Å². The third-order valence-electron chi connectivity index (χ3n) is 7.31. The van der Waals surface area contributed by atoms with Crippen molar-refractivity contribution in [3.8, 4) is 16.9 Å². The predicted octanol–water partition coefficient (Wildman–Crippen LogP) is 5.69. The number of hydrogen-bond acceptors (Lipinski definition) is 4. The van der Waals surface area contributed by atoms with Gasteiger partial charge in [-0.05, 0) is 89.7 Å². The number of aromatic nitrogens is 1. The lowest BCUT2D eigenvalue weighted by Crippen LogP contribution is -2.22. The monoisotopic (exact) mass is 560 g/mol. The summed E-state index contributed by atoms with van der Waals surface area (Å²) >= 11 is 0. The highest BCUT2D eigenvalue weighted by Gasteiger charge is 2.19. The molecule has 0 atom stereocenters. The number of carboxylic acids is 1. The first-order valence-corrected chi connectivity index (χ1v) is 13.6. The second-order valence-electron chi connectivity index (χ2n) is 10.0. The molecule has 0 radical (unpaired) electrons. The highest BCUT2D eigenvalue weighted by atomic mass is 16.5. The second kappa shape index (κ2) is 12.0. The summed E-state index contributed by atoms with van der Waals surface area (Å²) in [4.78, 5) is 25.1. The number of fused-ring (bicyclic) bond motifs is 1. The Morgan fingerprint density at radius 1 is 0.929 bits per heavy atom. The van der Waals surface area contributed by atoms with Crippen molar-refractivity contribution in [3.05, 3.63) is 125 Å². The van der Waals surface area contributed by atoms with Crippen LogP contribution in [0.3, 0.4) is 0 Å². The molecule has 1 aromatic heterocycles. The number of carboxylic acid groups (broad SMARTS) is 1. The van der Waals surface area contributed by atoms with Crippen LogP contribution in [0.25, 0.3) is 22.0 Å². The molecule has 0 aliphatic heterocycles. The van der Waals surface area contributed by atoms with Crippen LogP contribution < -0.4 is 15.8 Å². The van der Waals surface area contributed by atoms with Crippen LogP contribution in [0.15, 0.2) is 91.1 Å². The molecule has 5 N–H and O–H groups in total. The van der Waals surface area contributed by atoms with Crippen LogP contribution in [-0.2, 0) is 13.0 Å². The van der Waals surface area contributed by atoms with Gasteiger partial charge in [0.2, 0.25) is 0 Å². The Morgan fingerprint density at radius 3 is 2.38 bits per heavy atom. The number of aromatic carboxylic acids is 1. The van der Waals surface area contributed by atoms with E-state index in [1.54, 1.807) is 24.3 Å². The molecule has 0 saturated heterocycles. The number of hydrogen-bond donors (Lipinski definition) is 4. The molecule has 0 aliphatic carbocycles. The highest BCUT2D eigenvalue weighted by molar-refractivity contribution is 6.01. The first-order chi connectivity index (χ1) is 20.3. The maximum Gasteiger partial charge on any atom is 0.336 e. The summed E-state index contributed by atoms with van der Waals surface area (Å²) in [5.74, 6) is -0.893. The van der Waals surface area contributed by atoms with E-state index >= 15 is 0 Å². The molecule has 0 fully saturated rings. The molecule has 4 aromatic carbocycles. The standard InChI is InChI=1S/C34H32N4O4/c1-3-37-33(39)23-9-10-24(28(17-23)27-13-12-26(42-2)18-30(27)34(40)41)19-38-20-25(15-21-7-5-4-6-8-21)29-16-22(32(35)36)11-14-31(29)38/h4-14,16-18,20H,3,15,19H2,1-2H3,(H3,35,36)(H,37,39)(H,40,41). The smallest absolute Gasteiger partial charge is 0.336 e. The Balaban J connectivity index is 1.67. The van der Waals surface area contributed by atoms with E-state index in [9.17, 15) is 14.7 Å². The van der Waals surface area contributed by atoms with Gasteiger partial charge in [-0.3, -0.25) is 10.2 Å². The SMILES string of the molecule is CCNC(=O)c1ccc(Cn2cc(Cc3ccccc3)c3cc(C(=N)N)ccc32)c(-c2ccc(OC)cc2C(=O)O)c1. The first kappa shape index (κ1) is 28.2. The number of carbonyl (C=O) groups excluding carboxylic acids is 1. The molecule has 0 aliphatic rings. The molecular weight excluding hydrogens is 528 g/mol. The normalized spacial score (nSPS) is 10.9. The van der Waals surface area contributed by atoms with Crippen LogP contribution in [0.4, 0.5) is 0 Å². The Hall–Kier alpha value is -5.37. The van der Waals surface area contributed by atoms with E-state index in [0.29, 0.717) is 47.5 Å². The van der Waals surface area contributed by atoms with E-state index in [1.165, 1.54) is 13.2 Å². The first-order valence-electron chi connectivity index (χ1n) is 13.6. The number of methoxy groups -OCH3 is 1. The summed E-state index contributed by atoms with van der Waals surface area (Å²) in [5, 5.41) is 21.9. The summed E-state index contributed by atoms with van der Waals surface area (Å²) in [7, 11) is 1.49. The van der Waals surface area contributed by atoms with Crippen LogP contribution in [0.5, 0.6) is 5.75 Å². The van der Waals surface area contributed by atoms with Gasteiger partial charge in [-0.15, -0.1) is 0 Å². The van der Waals surface area contributed by atoms with Gasteiger partial charge in [0.1, 0.15) is 11.6 Å². The minimum absolute atomic E-state index is 0.000696. The maximum absolute atomic E-state index is 12.8. The second-order valence-corrected chi connectivity index (χ2v) is 10.0. The number of nitrogen functional groups attached to an aromatic ring is 1. The van der Waals surface area contributed by atoms with Crippen molar-refractivity contribution >= 4 is 28.6 Å². The fraction of sp³-hybridized carbons (Fsp3) is 0.147. The van der Waals surface area contributed by atoms with Gasteiger partial charge in [-0.1, -0.05) is 36.4 Å². The van der Waals surface area contributed by atoms with E-state index in [1.807, 2.05) is 49.4 Å². The molecule has 42 heavy (non-hydrogen) atoms. The fourth-order valence-corrected chi connectivity index (χ4v) is 5.24. The Bertz CT molecular complexity index is 1810. The third-order valence-corrected chi connectivity index (χ3v) is 7.31. The number of nitrogens with one attached hydrogen (secondary N) is 2. The summed E-state index contributed by atoms with van der Waals surface area (Å²) in [6.45, 7) is 2.74. The number of rotatable bonds is 10. The zero-order valence-electron chi connectivity index (χ0n) is 23.5. The molecule has 5 rings (SSSR count). The number of ether oxygens (including phenoxy) is 1. The van der Waals surface area contributed by atoms with Gasteiger partial charge in [-0.2, -0.15) is 0 Å². The van der Waals surface area contributed by atoms with Crippen molar-refractivity contribution in [2.75, 3.05) is 13.7 Å². The van der Waals surface area contributed by atoms with Crippen LogP contribution in [0.2, 0.25) is 0 Å². The summed E-state index contributed by atoms with van der Waals surface area (Å²) in [6, 6.07) is 26.2. The highest BCUT2D eigenvalue weighted by Crippen LogP contribution is 2.33. The number of amidine groups is 1. The lowest BCUT2D eigenvalue weighted by molar-refractivity contribution is 0.0697. The van der Waals surface area contributed by atoms with Crippen molar-refractivity contribution < 1.29 is 19.4 Å². The number of nitrogens with two attached hydrogens (primary N) is 1. The van der Waals surface area contributed by atoms with E-state index in [0.717, 1.165) is 27.6 Å². The maximum atomic E-state index is 12.8. The Labute approximate surface area is 243 Å². The lowest BCUT2D eigenvalue weighted by Gasteiger charge is -2.16. The minimum atomic E-state index is -1.09. The quantitative estimate of drug-likeness (QED) is 0.129. The summed E-state index contributed by atoms with van der Waals surface area (Å²) in [5.41, 5.74) is 12.2. The molecule has 0 spiro atoms. The molecule has 1 amide bonds. The van der Waals surface area contributed by atoms with Crippen LogP contribution >= 0.6 is 0 Å². The van der Waals surface area contributed by atoms with Gasteiger partial charge in [0, 0.05) is 41.3 Å². The fourth-order valence-electron chi connectivity index (χ4n) is 5.24. The van der Waals surface area contributed by atoms with Crippen LogP contribution in [0, 0.1) is 5.41 Å². The molecule has 0 unspecified atom stereocenters. The molecule has 8 nitrogen and oxygen atoms in total. The third kappa shape index (κ3) is 5.74. The summed E-state index contributed by atoms with van der Waals surface area (Å²) in [6.07, 6.45) is 2.78. The van der Waals surface area contributed by atoms with Gasteiger partial charge in [0.25, 0.3) is 5.91 Å². The van der Waals surface area contributed by atoms with E-state index in [2.05, 4.69) is 28.2 Å². The topological polar surface area (TPSA) is 130 Å². The van der Waals surface area contributed by atoms with Crippen molar-refractivity contribution in [2.24, 2.45) is 5.73 Å². The van der Waals surface area contributed by atoms with Crippen LogP contribution in [-0.4, -0.2) is 41.0 Å². The molecule has 0 saturated carbocycles. The minimum Gasteiger partial charge on any atom is -0.497 e. The molecule has 5 aromatic rings.